The molecule has 1 heterocycles. The van der Waals surface area contributed by atoms with Crippen molar-refractivity contribution >= 4 is 11.9 Å². The highest BCUT2D eigenvalue weighted by Crippen LogP contribution is 2.22. The van der Waals surface area contributed by atoms with E-state index in [9.17, 15) is 30.0 Å². The van der Waals surface area contributed by atoms with Crippen LogP contribution in [0.2, 0.25) is 0 Å². The molecule has 1 fully saturated rings. The minimum absolute atomic E-state index is 0.219. The molecule has 0 aliphatic carbocycles. The Kier molecular flexibility index (Phi) is 29.5. The molecular formula is C40H72O10. The standard InChI is InChI=1S/C40H72O10/c1-3-5-7-9-11-13-15-17-19-21-23-25-27-29-36(43)49-33(32-48-40-39(46)38(45)37(44)34(30-41)50-40)31-47-35(42)28-26-24-22-20-18-16-14-12-10-8-6-4-2/h12-15,33-34,37-41,44-46H,3-11,16-32H2,1-2H3/b14-12-,15-13-. The largest absolute Gasteiger partial charge is 0.462 e. The van der Waals surface area contributed by atoms with Crippen LogP contribution in [0.5, 0.6) is 0 Å². The van der Waals surface area contributed by atoms with Crippen molar-refractivity contribution in [2.24, 2.45) is 0 Å². The van der Waals surface area contributed by atoms with Crippen molar-refractivity contribution in [1.82, 2.24) is 0 Å². The van der Waals surface area contributed by atoms with Crippen LogP contribution in [-0.2, 0) is 28.5 Å². The fourth-order valence-electron chi connectivity index (χ4n) is 5.82. The summed E-state index contributed by atoms with van der Waals surface area (Å²) in [5.41, 5.74) is 0. The van der Waals surface area contributed by atoms with Crippen LogP contribution in [0.3, 0.4) is 0 Å². The van der Waals surface area contributed by atoms with Gasteiger partial charge >= 0.3 is 11.9 Å². The van der Waals surface area contributed by atoms with Crippen molar-refractivity contribution < 1.29 is 49.0 Å². The first kappa shape index (κ1) is 46.2. The van der Waals surface area contributed by atoms with E-state index >= 15 is 0 Å². The van der Waals surface area contributed by atoms with Gasteiger partial charge in [0.15, 0.2) is 12.4 Å². The number of aliphatic hydroxyl groups excluding tert-OH is 4. The lowest BCUT2D eigenvalue weighted by molar-refractivity contribution is -0.305. The molecule has 10 heteroatoms. The number of carbonyl (C=O) groups excluding carboxylic acids is 2. The van der Waals surface area contributed by atoms with E-state index < -0.39 is 49.4 Å². The van der Waals surface area contributed by atoms with Crippen LogP contribution < -0.4 is 0 Å². The second-order valence-corrected chi connectivity index (χ2v) is 13.7. The normalized spacial score (nSPS) is 21.6. The highest BCUT2D eigenvalue weighted by molar-refractivity contribution is 5.70. The minimum Gasteiger partial charge on any atom is -0.462 e. The zero-order valence-electron chi connectivity index (χ0n) is 31.4. The molecule has 1 saturated heterocycles. The number of hydrogen-bond acceptors (Lipinski definition) is 10. The van der Waals surface area contributed by atoms with Crippen LogP contribution in [0.25, 0.3) is 0 Å². The van der Waals surface area contributed by atoms with Crippen LogP contribution in [0, 0.1) is 0 Å². The van der Waals surface area contributed by atoms with Crippen molar-refractivity contribution in [1.29, 1.82) is 0 Å². The Hall–Kier alpha value is -1.82. The SMILES string of the molecule is CCCCC/C=C\CCCCCCCC(=O)OCC(COC1OC(CO)C(O)C(O)C1O)OC(=O)CCCCCCC/C=C\CCCCCC. The summed E-state index contributed by atoms with van der Waals surface area (Å²) in [5, 5.41) is 39.9. The summed E-state index contributed by atoms with van der Waals surface area (Å²) in [6.07, 6.45) is 24.7. The molecule has 1 rings (SSSR count). The van der Waals surface area contributed by atoms with E-state index in [0.717, 1.165) is 77.0 Å². The highest BCUT2D eigenvalue weighted by atomic mass is 16.7. The van der Waals surface area contributed by atoms with E-state index in [0.29, 0.717) is 12.8 Å². The molecule has 1 aliphatic heterocycles. The van der Waals surface area contributed by atoms with Gasteiger partial charge in [-0.1, -0.05) is 109 Å². The molecule has 4 N–H and O–H groups in total. The predicted molar refractivity (Wildman–Crippen MR) is 196 cm³/mol. The lowest BCUT2D eigenvalue weighted by atomic mass is 9.99. The lowest BCUT2D eigenvalue weighted by Gasteiger charge is -2.39. The molecule has 0 bridgehead atoms. The van der Waals surface area contributed by atoms with Crippen LogP contribution in [0.15, 0.2) is 24.3 Å². The maximum atomic E-state index is 12.7. The zero-order valence-corrected chi connectivity index (χ0v) is 31.4. The topological polar surface area (TPSA) is 152 Å². The molecule has 50 heavy (non-hydrogen) atoms. The third kappa shape index (κ3) is 23.6. The molecule has 6 atom stereocenters. The molecule has 0 aromatic heterocycles. The molecule has 0 amide bonds. The Labute approximate surface area is 303 Å². The third-order valence-electron chi connectivity index (χ3n) is 9.06. The summed E-state index contributed by atoms with van der Waals surface area (Å²) in [6, 6.07) is 0. The number of esters is 2. The molecule has 1 aliphatic rings. The van der Waals surface area contributed by atoms with Gasteiger partial charge in [-0.2, -0.15) is 0 Å². The Bertz CT molecular complexity index is 876. The van der Waals surface area contributed by atoms with Gasteiger partial charge in [0.2, 0.25) is 0 Å². The van der Waals surface area contributed by atoms with Gasteiger partial charge in [-0.25, -0.2) is 0 Å². The van der Waals surface area contributed by atoms with Crippen molar-refractivity contribution in [3.63, 3.8) is 0 Å². The first-order valence-corrected chi connectivity index (χ1v) is 19.9. The number of rotatable bonds is 32. The van der Waals surface area contributed by atoms with Crippen LogP contribution in [-0.4, -0.2) is 89.0 Å². The van der Waals surface area contributed by atoms with Gasteiger partial charge in [0.05, 0.1) is 13.2 Å². The average Bonchev–Trinajstić information content (AvgIpc) is 3.11. The van der Waals surface area contributed by atoms with E-state index in [1.54, 1.807) is 0 Å². The molecule has 292 valence electrons. The third-order valence-corrected chi connectivity index (χ3v) is 9.06. The van der Waals surface area contributed by atoms with E-state index in [1.165, 1.54) is 44.9 Å². The molecule has 0 aromatic carbocycles. The molecule has 6 unspecified atom stereocenters. The van der Waals surface area contributed by atoms with Crippen molar-refractivity contribution in [2.45, 2.75) is 198 Å². The van der Waals surface area contributed by atoms with Gasteiger partial charge in [0.1, 0.15) is 31.0 Å². The molecule has 0 saturated carbocycles. The smallest absolute Gasteiger partial charge is 0.306 e. The summed E-state index contributed by atoms with van der Waals surface area (Å²) in [6.45, 7) is 3.35. The van der Waals surface area contributed by atoms with Gasteiger partial charge in [-0.05, 0) is 64.2 Å². The Morgan fingerprint density at radius 3 is 1.60 bits per heavy atom. The van der Waals surface area contributed by atoms with Crippen molar-refractivity contribution in [3.05, 3.63) is 24.3 Å². The summed E-state index contributed by atoms with van der Waals surface area (Å²) >= 11 is 0. The van der Waals surface area contributed by atoms with E-state index in [4.69, 9.17) is 18.9 Å². The predicted octanol–water partition coefficient (Wildman–Crippen LogP) is 7.38. The maximum absolute atomic E-state index is 12.7. The quantitative estimate of drug-likeness (QED) is 0.0316. The second-order valence-electron chi connectivity index (χ2n) is 13.7. The van der Waals surface area contributed by atoms with Gasteiger partial charge in [-0.15, -0.1) is 0 Å². The van der Waals surface area contributed by atoms with Gasteiger partial charge in [-0.3, -0.25) is 9.59 Å². The van der Waals surface area contributed by atoms with Crippen LogP contribution in [0.1, 0.15) is 162 Å². The number of allylic oxidation sites excluding steroid dienone is 4. The van der Waals surface area contributed by atoms with E-state index in [1.807, 2.05) is 0 Å². The number of hydrogen-bond donors (Lipinski definition) is 4. The number of aliphatic hydroxyl groups is 4. The van der Waals surface area contributed by atoms with Gasteiger partial charge in [0.25, 0.3) is 0 Å². The van der Waals surface area contributed by atoms with E-state index in [-0.39, 0.29) is 32.0 Å². The van der Waals surface area contributed by atoms with Crippen molar-refractivity contribution in [3.8, 4) is 0 Å². The summed E-state index contributed by atoms with van der Waals surface area (Å²) in [7, 11) is 0. The first-order valence-electron chi connectivity index (χ1n) is 19.9. The summed E-state index contributed by atoms with van der Waals surface area (Å²) < 4.78 is 22.0. The lowest BCUT2D eigenvalue weighted by Crippen LogP contribution is -2.59. The monoisotopic (exact) mass is 713 g/mol. The average molecular weight is 713 g/mol. The van der Waals surface area contributed by atoms with E-state index in [2.05, 4.69) is 38.2 Å². The number of ether oxygens (including phenoxy) is 4. The molecule has 0 aromatic rings. The molecule has 0 spiro atoms. The summed E-state index contributed by atoms with van der Waals surface area (Å²) in [5.74, 6) is -0.828. The summed E-state index contributed by atoms with van der Waals surface area (Å²) in [4.78, 5) is 25.2. The molecule has 10 nitrogen and oxygen atoms in total. The Morgan fingerprint density at radius 1 is 0.600 bits per heavy atom. The Balaban J connectivity index is 2.40. The fourth-order valence-corrected chi connectivity index (χ4v) is 5.82. The Morgan fingerprint density at radius 2 is 1.06 bits per heavy atom. The molecule has 0 radical (unpaired) electrons. The van der Waals surface area contributed by atoms with Gasteiger partial charge in [0, 0.05) is 12.8 Å². The minimum atomic E-state index is -1.59. The number of unbranched alkanes of at least 4 members (excludes halogenated alkanes) is 17. The highest BCUT2D eigenvalue weighted by Gasteiger charge is 2.44. The fraction of sp³-hybridized carbons (Fsp3) is 0.850. The van der Waals surface area contributed by atoms with Gasteiger partial charge < -0.3 is 39.4 Å². The van der Waals surface area contributed by atoms with Crippen LogP contribution >= 0.6 is 0 Å². The molecular weight excluding hydrogens is 640 g/mol. The maximum Gasteiger partial charge on any atom is 0.306 e. The number of carbonyl (C=O) groups is 2. The van der Waals surface area contributed by atoms with Crippen LogP contribution in [0.4, 0.5) is 0 Å². The second kappa shape index (κ2) is 31.9. The first-order chi connectivity index (χ1) is 24.3. The van der Waals surface area contributed by atoms with Crippen molar-refractivity contribution in [2.75, 3.05) is 19.8 Å². The zero-order chi connectivity index (χ0) is 36.7.